The highest BCUT2D eigenvalue weighted by Gasteiger charge is 2.23. The molecule has 43 heavy (non-hydrogen) atoms. The van der Waals surface area contributed by atoms with E-state index in [0.29, 0.717) is 44.9 Å². The van der Waals surface area contributed by atoms with Crippen LogP contribution in [0.4, 0.5) is 0 Å². The van der Waals surface area contributed by atoms with Gasteiger partial charge in [0.05, 0.1) is 51.3 Å². The van der Waals surface area contributed by atoms with Crippen LogP contribution in [-0.2, 0) is 11.8 Å². The van der Waals surface area contributed by atoms with Gasteiger partial charge in [-0.15, -0.1) is 11.3 Å². The Balaban J connectivity index is 1.60. The van der Waals surface area contributed by atoms with Crippen LogP contribution in [-0.4, -0.2) is 42.7 Å². The summed E-state index contributed by atoms with van der Waals surface area (Å²) in [5.41, 5.74) is 10.6. The molecular weight excluding hydrogens is 562 g/mol. The summed E-state index contributed by atoms with van der Waals surface area (Å²) in [5.74, 6) is 5.70. The van der Waals surface area contributed by atoms with Crippen molar-refractivity contribution in [2.75, 3.05) is 0 Å². The zero-order valence-corrected chi connectivity index (χ0v) is 24.5. The molecule has 12 heteroatoms. The molecule has 0 fully saturated rings. The smallest absolute Gasteiger partial charge is 0.274 e. The number of rotatable bonds is 7. The Morgan fingerprint density at radius 1 is 1.16 bits per heavy atom. The molecular formula is C31H27N9O2S. The van der Waals surface area contributed by atoms with Gasteiger partial charge < -0.3 is 11.1 Å². The SMILES string of the molecule is C=N/C(N)=C(\N=C(C)c1cscn1)C(=O)NC(C)c1nc2cccc(C#Cc3cnn(C)c3)c2c(=O)n1-c1ccccc1. The predicted molar refractivity (Wildman–Crippen MR) is 168 cm³/mol. The molecule has 0 radical (unpaired) electrons. The maximum absolute atomic E-state index is 14.2. The van der Waals surface area contributed by atoms with E-state index in [1.54, 1.807) is 72.1 Å². The molecule has 11 nitrogen and oxygen atoms in total. The second-order valence-electron chi connectivity index (χ2n) is 9.46. The van der Waals surface area contributed by atoms with Gasteiger partial charge in [-0.1, -0.05) is 36.1 Å². The van der Waals surface area contributed by atoms with E-state index in [4.69, 9.17) is 10.7 Å². The Kier molecular flexibility index (Phi) is 8.36. The van der Waals surface area contributed by atoms with Gasteiger partial charge in [0.2, 0.25) is 0 Å². The van der Waals surface area contributed by atoms with Gasteiger partial charge in [0.1, 0.15) is 5.82 Å². The van der Waals surface area contributed by atoms with Crippen molar-refractivity contribution in [1.29, 1.82) is 0 Å². The highest BCUT2D eigenvalue weighted by Crippen LogP contribution is 2.21. The number of nitrogens with zero attached hydrogens (tertiary/aromatic N) is 7. The zero-order valence-electron chi connectivity index (χ0n) is 23.6. The van der Waals surface area contributed by atoms with E-state index >= 15 is 0 Å². The second-order valence-corrected chi connectivity index (χ2v) is 10.2. The fraction of sp³-hybridized carbons (Fsp3) is 0.129. The minimum Gasteiger partial charge on any atom is -0.382 e. The number of hydrogen-bond acceptors (Lipinski definition) is 9. The maximum Gasteiger partial charge on any atom is 0.274 e. The van der Waals surface area contributed by atoms with Crippen LogP contribution < -0.4 is 16.6 Å². The molecule has 2 aromatic carbocycles. The summed E-state index contributed by atoms with van der Waals surface area (Å²) >= 11 is 1.40. The molecule has 0 aliphatic carbocycles. The average molecular weight is 590 g/mol. The van der Waals surface area contributed by atoms with E-state index in [1.165, 1.54) is 15.9 Å². The molecule has 214 valence electrons. The van der Waals surface area contributed by atoms with Crippen LogP contribution >= 0.6 is 11.3 Å². The number of aliphatic imine (C=N–C) groups is 2. The fourth-order valence-electron chi connectivity index (χ4n) is 4.34. The topological polar surface area (TPSA) is 145 Å². The summed E-state index contributed by atoms with van der Waals surface area (Å²) in [6.07, 6.45) is 3.45. The molecule has 0 aliphatic heterocycles. The number of thiazole rings is 1. The Morgan fingerprint density at radius 3 is 2.63 bits per heavy atom. The Morgan fingerprint density at radius 2 is 1.95 bits per heavy atom. The van der Waals surface area contributed by atoms with Crippen molar-refractivity contribution in [3.05, 3.63) is 116 Å². The summed E-state index contributed by atoms with van der Waals surface area (Å²) in [4.78, 5) is 44.9. The first-order chi connectivity index (χ1) is 20.8. The molecule has 0 aliphatic rings. The number of aryl methyl sites for hydroxylation is 1. The van der Waals surface area contributed by atoms with Crippen molar-refractivity contribution >= 4 is 40.6 Å². The number of benzene rings is 2. The second kappa shape index (κ2) is 12.5. The minimum absolute atomic E-state index is 0.130. The van der Waals surface area contributed by atoms with Gasteiger partial charge in [-0.25, -0.2) is 20.0 Å². The Bertz CT molecular complexity index is 2010. The van der Waals surface area contributed by atoms with Gasteiger partial charge >= 0.3 is 0 Å². The lowest BCUT2D eigenvalue weighted by atomic mass is 10.1. The van der Waals surface area contributed by atoms with Crippen LogP contribution in [0, 0.1) is 11.8 Å². The number of nitrogens with two attached hydrogens (primary N) is 1. The molecule has 0 saturated heterocycles. The first kappa shape index (κ1) is 28.8. The summed E-state index contributed by atoms with van der Waals surface area (Å²) in [5, 5.41) is 9.19. The Labute approximate surface area is 251 Å². The number of nitrogens with one attached hydrogen (secondary N) is 1. The molecule has 1 amide bonds. The van der Waals surface area contributed by atoms with Crippen molar-refractivity contribution in [3.8, 4) is 17.5 Å². The standard InChI is InChI=1S/C31H27N9O2S/c1-19(25-17-43-18-34-25)36-27(28(32)33-3)30(41)37-20(2)29-38-24-12-8-9-22(14-13-21-15-35-39(4)16-21)26(24)31(42)40(29)23-10-6-5-7-11-23/h5-12,15-18,20H,3,32H2,1-2,4H3,(H,37,41)/b28-27-,36-19?. The van der Waals surface area contributed by atoms with E-state index in [0.717, 1.165) is 0 Å². The maximum atomic E-state index is 14.2. The largest absolute Gasteiger partial charge is 0.382 e. The number of para-hydroxylation sites is 1. The number of amides is 1. The van der Waals surface area contributed by atoms with E-state index in [2.05, 4.69) is 43.9 Å². The van der Waals surface area contributed by atoms with Gasteiger partial charge in [0, 0.05) is 24.2 Å². The van der Waals surface area contributed by atoms with E-state index < -0.39 is 11.9 Å². The minimum atomic E-state index is -0.752. The van der Waals surface area contributed by atoms with Crippen molar-refractivity contribution < 1.29 is 4.79 Å². The van der Waals surface area contributed by atoms with Gasteiger partial charge in [-0.3, -0.25) is 18.8 Å². The van der Waals surface area contributed by atoms with Gasteiger partial charge in [-0.2, -0.15) is 5.10 Å². The molecule has 5 aromatic rings. The van der Waals surface area contributed by atoms with E-state index in [-0.39, 0.29) is 17.1 Å². The molecule has 1 atom stereocenters. The number of carbonyl (C=O) groups is 1. The Hall–Kier alpha value is -5.67. The third-order valence-electron chi connectivity index (χ3n) is 6.43. The monoisotopic (exact) mass is 589 g/mol. The summed E-state index contributed by atoms with van der Waals surface area (Å²) in [7, 11) is 1.81. The molecule has 5 rings (SSSR count). The third-order valence-corrected chi connectivity index (χ3v) is 7.02. The van der Waals surface area contributed by atoms with Crippen molar-refractivity contribution in [3.63, 3.8) is 0 Å². The highest BCUT2D eigenvalue weighted by molar-refractivity contribution is 7.07. The predicted octanol–water partition coefficient (Wildman–Crippen LogP) is 3.49. The van der Waals surface area contributed by atoms with Crippen LogP contribution in [0.3, 0.4) is 0 Å². The van der Waals surface area contributed by atoms with Crippen molar-refractivity contribution in [2.24, 2.45) is 22.8 Å². The van der Waals surface area contributed by atoms with Crippen LogP contribution in [0.2, 0.25) is 0 Å². The fourth-order valence-corrected chi connectivity index (χ4v) is 4.93. The lowest BCUT2D eigenvalue weighted by Gasteiger charge is -2.20. The molecule has 0 bridgehead atoms. The zero-order chi connectivity index (χ0) is 30.5. The van der Waals surface area contributed by atoms with Crippen molar-refractivity contribution in [2.45, 2.75) is 19.9 Å². The van der Waals surface area contributed by atoms with Crippen LogP contribution in [0.25, 0.3) is 16.6 Å². The lowest BCUT2D eigenvalue weighted by molar-refractivity contribution is -0.118. The molecule has 3 N–H and O–H groups in total. The number of carbonyl (C=O) groups excluding carboxylic acids is 1. The van der Waals surface area contributed by atoms with Gasteiger partial charge in [0.15, 0.2) is 11.5 Å². The number of aromatic nitrogens is 5. The molecule has 0 saturated carbocycles. The third kappa shape index (κ3) is 6.17. The van der Waals surface area contributed by atoms with E-state index in [1.807, 2.05) is 25.2 Å². The number of hydrogen-bond donors (Lipinski definition) is 2. The summed E-state index contributed by atoms with van der Waals surface area (Å²) < 4.78 is 3.13. The molecule has 0 spiro atoms. The molecule has 3 aromatic heterocycles. The quantitative estimate of drug-likeness (QED) is 0.169. The van der Waals surface area contributed by atoms with Crippen molar-refractivity contribution in [1.82, 2.24) is 29.6 Å². The molecule has 3 heterocycles. The first-order valence-electron chi connectivity index (χ1n) is 13.1. The van der Waals surface area contributed by atoms with Gasteiger partial charge in [-0.05, 0) is 44.8 Å². The summed E-state index contributed by atoms with van der Waals surface area (Å²) in [6.45, 7) is 6.89. The summed E-state index contributed by atoms with van der Waals surface area (Å²) in [6, 6.07) is 13.6. The van der Waals surface area contributed by atoms with Crippen LogP contribution in [0.15, 0.2) is 98.1 Å². The van der Waals surface area contributed by atoms with Gasteiger partial charge in [0.25, 0.3) is 11.5 Å². The number of fused-ring (bicyclic) bond motifs is 1. The first-order valence-corrected chi connectivity index (χ1v) is 14.0. The van der Waals surface area contributed by atoms with Crippen LogP contribution in [0.1, 0.15) is 42.5 Å². The van der Waals surface area contributed by atoms with E-state index in [9.17, 15) is 9.59 Å². The highest BCUT2D eigenvalue weighted by atomic mass is 32.1. The molecule has 1 unspecified atom stereocenters. The normalized spacial score (nSPS) is 12.7. The lowest BCUT2D eigenvalue weighted by Crippen LogP contribution is -2.34. The average Bonchev–Trinajstić information content (AvgIpc) is 3.70. The van der Waals surface area contributed by atoms with Crippen LogP contribution in [0.5, 0.6) is 0 Å².